The number of fused-ring (bicyclic) bond motifs is 2. The zero-order valence-electron chi connectivity index (χ0n) is 32.3. The van der Waals surface area contributed by atoms with Crippen molar-refractivity contribution in [3.63, 3.8) is 0 Å². The molecule has 0 fully saturated rings. The summed E-state index contributed by atoms with van der Waals surface area (Å²) in [6.07, 6.45) is 11.1. The van der Waals surface area contributed by atoms with Crippen LogP contribution in [-0.2, 0) is 9.59 Å². The van der Waals surface area contributed by atoms with Crippen molar-refractivity contribution in [2.24, 2.45) is 0 Å². The molecule has 59 heavy (non-hydrogen) atoms. The van der Waals surface area contributed by atoms with Crippen LogP contribution in [0.1, 0.15) is 44.5 Å². The molecule has 0 spiro atoms. The largest absolute Gasteiger partial charge is 0.486 e. The molecule has 284 valence electrons. The number of benzene rings is 7. The Kier molecular flexibility index (Phi) is 11.4. The lowest BCUT2D eigenvalue weighted by Crippen LogP contribution is -2.11. The lowest BCUT2D eigenvalue weighted by molar-refractivity contribution is -0.133. The second kappa shape index (κ2) is 17.3. The highest BCUT2D eigenvalue weighted by molar-refractivity contribution is 5.97. The lowest BCUT2D eigenvalue weighted by Gasteiger charge is -2.27. The summed E-state index contributed by atoms with van der Waals surface area (Å²) in [5, 5.41) is 22.4. The van der Waals surface area contributed by atoms with Crippen LogP contribution < -0.4 is 4.90 Å². The van der Waals surface area contributed by atoms with Gasteiger partial charge in [-0.15, -0.1) is 0 Å². The molecular formula is C52H37N3O4. The number of hydrogen-bond acceptors (Lipinski definition) is 3. The Hall–Kier alpha value is -8.26. The van der Waals surface area contributed by atoms with Crippen LogP contribution in [0.25, 0.3) is 67.7 Å². The topological polar surface area (TPSA) is 86.6 Å². The van der Waals surface area contributed by atoms with E-state index in [-0.39, 0.29) is 11.4 Å². The molecule has 0 atom stereocenters. The molecule has 2 N–H and O–H groups in total. The molecule has 0 radical (unpaired) electrons. The van der Waals surface area contributed by atoms with E-state index in [9.17, 15) is 19.8 Å². The van der Waals surface area contributed by atoms with Crippen LogP contribution in [0, 0.1) is 27.0 Å². The standard InChI is InChI=1S/C52H37N3O4/c1-34-5-26-50(35(2)27-34)55(46-22-14-36(15-23-46)6-8-38-10-18-44-30-40(12-20-42(44)28-38)32-48(53-3)51(56)57)47-24-16-37(17-25-47)7-9-39-11-19-45-31-41(13-21-43(45)29-39)33-49(54-4)52(58)59/h5-33H,1-2H3,(H,56,57)(H,58,59). The Bertz CT molecular complexity index is 2800. The number of hydrogen-bond donors (Lipinski definition) is 2. The molecule has 0 aromatic heterocycles. The molecule has 7 aromatic rings. The average molecular weight is 768 g/mol. The summed E-state index contributed by atoms with van der Waals surface area (Å²) in [5.74, 6) is -2.48. The molecule has 0 amide bonds. The maximum absolute atomic E-state index is 11.3. The van der Waals surface area contributed by atoms with E-state index in [1.54, 1.807) is 0 Å². The first-order valence-corrected chi connectivity index (χ1v) is 18.7. The molecule has 0 aliphatic carbocycles. The molecule has 7 aromatic carbocycles. The molecule has 0 saturated carbocycles. The SMILES string of the molecule is [C-]#[N+]C(=Cc1ccc2cc(C=Cc3ccc(N(c4ccc(C=Cc5ccc6cc(C=C([N+]#[C-])C(=O)O)ccc6c5)cc4)c4ccc(C)cc4C)cc3)ccc2c1)C(=O)O. The monoisotopic (exact) mass is 767 g/mol. The van der Waals surface area contributed by atoms with E-state index >= 15 is 0 Å². The fourth-order valence-corrected chi connectivity index (χ4v) is 6.89. The van der Waals surface area contributed by atoms with Crippen molar-refractivity contribution >= 4 is 87.0 Å². The quantitative estimate of drug-likeness (QED) is 0.0777. The Labute approximate surface area is 342 Å². The van der Waals surface area contributed by atoms with Crippen LogP contribution in [0.4, 0.5) is 17.1 Å². The summed E-state index contributed by atoms with van der Waals surface area (Å²) >= 11 is 0. The van der Waals surface area contributed by atoms with E-state index < -0.39 is 11.9 Å². The van der Waals surface area contributed by atoms with Gasteiger partial charge in [0.2, 0.25) is 0 Å². The van der Waals surface area contributed by atoms with Crippen LogP contribution in [-0.4, -0.2) is 22.2 Å². The fourth-order valence-electron chi connectivity index (χ4n) is 6.89. The normalized spacial score (nSPS) is 11.9. The first kappa shape index (κ1) is 39.0. The molecule has 0 aliphatic rings. The number of carbonyl (C=O) groups is 2. The van der Waals surface area contributed by atoms with Crippen molar-refractivity contribution in [3.05, 3.63) is 218 Å². The highest BCUT2D eigenvalue weighted by atomic mass is 16.4. The first-order chi connectivity index (χ1) is 28.6. The van der Waals surface area contributed by atoms with Crippen molar-refractivity contribution in [2.75, 3.05) is 4.90 Å². The number of carboxylic acid groups (broad SMARTS) is 2. The zero-order valence-corrected chi connectivity index (χ0v) is 32.3. The number of anilines is 3. The van der Waals surface area contributed by atoms with Gasteiger partial charge in [-0.25, -0.2) is 9.69 Å². The molecule has 7 nitrogen and oxygen atoms in total. The Morgan fingerprint density at radius 1 is 0.475 bits per heavy atom. The summed E-state index contributed by atoms with van der Waals surface area (Å²) in [7, 11) is 0. The zero-order chi connectivity index (χ0) is 41.5. The minimum absolute atomic E-state index is 0.320. The van der Waals surface area contributed by atoms with Crippen LogP contribution >= 0.6 is 0 Å². The van der Waals surface area contributed by atoms with Gasteiger partial charge in [0, 0.05) is 17.1 Å². The number of nitrogens with zero attached hydrogens (tertiary/aromatic N) is 3. The molecule has 0 bridgehead atoms. The molecule has 0 heterocycles. The molecule has 0 saturated heterocycles. The average Bonchev–Trinajstić information content (AvgIpc) is 3.24. The van der Waals surface area contributed by atoms with Crippen molar-refractivity contribution in [2.45, 2.75) is 13.8 Å². The van der Waals surface area contributed by atoms with Crippen molar-refractivity contribution in [1.82, 2.24) is 0 Å². The molecule has 0 aliphatic heterocycles. The third-order valence-electron chi connectivity index (χ3n) is 9.89. The predicted molar refractivity (Wildman–Crippen MR) is 241 cm³/mol. The minimum atomic E-state index is -1.24. The lowest BCUT2D eigenvalue weighted by atomic mass is 10.0. The smallest absolute Gasteiger partial charge is 0.333 e. The number of carboxylic acids is 2. The summed E-state index contributed by atoms with van der Waals surface area (Å²) in [5.41, 5.74) is 10.4. The van der Waals surface area contributed by atoms with Gasteiger partial charge in [-0.1, -0.05) is 115 Å². The molecule has 7 heteroatoms. The molecule has 0 unspecified atom stereocenters. The summed E-state index contributed by atoms with van der Waals surface area (Å²) in [4.78, 5) is 31.0. The first-order valence-electron chi connectivity index (χ1n) is 18.7. The van der Waals surface area contributed by atoms with Crippen molar-refractivity contribution < 1.29 is 19.8 Å². The van der Waals surface area contributed by atoms with Gasteiger partial charge in [0.25, 0.3) is 11.4 Å². The third-order valence-corrected chi connectivity index (χ3v) is 9.89. The van der Waals surface area contributed by atoms with Crippen LogP contribution in [0.2, 0.25) is 0 Å². The number of rotatable bonds is 11. The maximum atomic E-state index is 11.3. The fraction of sp³-hybridized carbons (Fsp3) is 0.0385. The van der Waals surface area contributed by atoms with E-state index in [4.69, 9.17) is 13.1 Å². The van der Waals surface area contributed by atoms with Crippen LogP contribution in [0.5, 0.6) is 0 Å². The Morgan fingerprint density at radius 2 is 0.831 bits per heavy atom. The van der Waals surface area contributed by atoms with E-state index in [2.05, 4.69) is 132 Å². The van der Waals surface area contributed by atoms with Gasteiger partial charge in [0.05, 0.1) is 13.1 Å². The van der Waals surface area contributed by atoms with E-state index in [1.807, 2.05) is 60.7 Å². The predicted octanol–water partition coefficient (Wildman–Crippen LogP) is 13.1. The Morgan fingerprint density at radius 3 is 1.20 bits per heavy atom. The van der Waals surface area contributed by atoms with Crippen molar-refractivity contribution in [3.8, 4) is 0 Å². The minimum Gasteiger partial charge on any atom is -0.486 e. The van der Waals surface area contributed by atoms with E-state index in [0.717, 1.165) is 60.9 Å². The van der Waals surface area contributed by atoms with Gasteiger partial charge < -0.3 is 15.1 Å². The van der Waals surface area contributed by atoms with Crippen LogP contribution in [0.15, 0.2) is 151 Å². The Balaban J connectivity index is 1.09. The summed E-state index contributed by atoms with van der Waals surface area (Å²) < 4.78 is 0. The van der Waals surface area contributed by atoms with Gasteiger partial charge in [0.15, 0.2) is 0 Å². The molecular weight excluding hydrogens is 731 g/mol. The maximum Gasteiger partial charge on any atom is 0.333 e. The van der Waals surface area contributed by atoms with Gasteiger partial charge in [-0.3, -0.25) is 9.59 Å². The third kappa shape index (κ3) is 9.24. The highest BCUT2D eigenvalue weighted by Gasteiger charge is 2.15. The summed E-state index contributed by atoms with van der Waals surface area (Å²) in [6.45, 7) is 18.4. The number of aliphatic carboxylic acids is 2. The highest BCUT2D eigenvalue weighted by Crippen LogP contribution is 2.37. The van der Waals surface area contributed by atoms with E-state index in [1.165, 1.54) is 23.3 Å². The number of aryl methyl sites for hydroxylation is 2. The van der Waals surface area contributed by atoms with Gasteiger partial charge in [-0.05, 0) is 141 Å². The van der Waals surface area contributed by atoms with Crippen molar-refractivity contribution in [1.29, 1.82) is 0 Å². The van der Waals surface area contributed by atoms with Gasteiger partial charge >= 0.3 is 11.9 Å². The van der Waals surface area contributed by atoms with Gasteiger partial charge in [-0.2, -0.15) is 0 Å². The second-order valence-corrected chi connectivity index (χ2v) is 14.1. The summed E-state index contributed by atoms with van der Waals surface area (Å²) in [6, 6.07) is 46.9. The van der Waals surface area contributed by atoms with E-state index in [0.29, 0.717) is 11.1 Å². The van der Waals surface area contributed by atoms with Crippen LogP contribution in [0.3, 0.4) is 0 Å². The second-order valence-electron chi connectivity index (χ2n) is 14.1. The van der Waals surface area contributed by atoms with Gasteiger partial charge in [0.1, 0.15) is 0 Å². The molecule has 7 rings (SSSR count).